The van der Waals surface area contributed by atoms with E-state index >= 15 is 0 Å². The highest BCUT2D eigenvalue weighted by molar-refractivity contribution is 7.97. The number of pyridine rings is 1. The van der Waals surface area contributed by atoms with Gasteiger partial charge < -0.3 is 21.9 Å². The lowest BCUT2D eigenvalue weighted by Crippen LogP contribution is -2.25. The van der Waals surface area contributed by atoms with E-state index in [-0.39, 0.29) is 0 Å². The van der Waals surface area contributed by atoms with Gasteiger partial charge in [-0.05, 0) is 95.9 Å². The van der Waals surface area contributed by atoms with Gasteiger partial charge in [-0.1, -0.05) is 24.3 Å². The van der Waals surface area contributed by atoms with Gasteiger partial charge in [0.25, 0.3) is 0 Å². The van der Waals surface area contributed by atoms with Crippen LogP contribution < -0.4 is 21.5 Å². The van der Waals surface area contributed by atoms with Crippen molar-refractivity contribution in [2.75, 3.05) is 38.2 Å². The van der Waals surface area contributed by atoms with Gasteiger partial charge in [-0.2, -0.15) is 0 Å². The van der Waals surface area contributed by atoms with E-state index in [9.17, 15) is 0 Å². The van der Waals surface area contributed by atoms with Gasteiger partial charge in [0.1, 0.15) is 0 Å². The van der Waals surface area contributed by atoms with E-state index in [0.717, 1.165) is 67.5 Å². The van der Waals surface area contributed by atoms with Crippen molar-refractivity contribution in [3.63, 3.8) is 0 Å². The van der Waals surface area contributed by atoms with E-state index in [1.54, 1.807) is 11.9 Å². The van der Waals surface area contributed by atoms with Gasteiger partial charge in [-0.25, -0.2) is 0 Å². The normalized spacial score (nSPS) is 10.6. The molecule has 0 bridgehead atoms. The standard InChI is InChI=1S/C26H29N5S.CH4O/c27-23-7-3-19(4-8-23)2-1-12-29-14-15-31-32-26-17-21(20-5-9-24(28)10-6-20)16-22-18-30-13-11-25(22)26;1-2/h3-11,13,16-18,29,31H,1-2,12,14-15,27-28H2;2H,1H3. The number of aryl methyl sites for hydroxylation is 1. The summed E-state index contributed by atoms with van der Waals surface area (Å²) in [6.07, 6.45) is 5.94. The molecule has 0 saturated carbocycles. The third-order valence-electron chi connectivity index (χ3n) is 5.34. The fourth-order valence-corrected chi connectivity index (χ4v) is 4.44. The van der Waals surface area contributed by atoms with Crippen molar-refractivity contribution in [3.05, 3.63) is 84.7 Å². The van der Waals surface area contributed by atoms with E-state index < -0.39 is 0 Å². The number of aromatic nitrogens is 1. The molecular weight excluding hydrogens is 442 g/mol. The van der Waals surface area contributed by atoms with Crippen LogP contribution in [0, 0.1) is 0 Å². The molecule has 0 unspecified atom stereocenters. The molecule has 0 fully saturated rings. The van der Waals surface area contributed by atoms with Gasteiger partial charge in [0.2, 0.25) is 0 Å². The molecule has 0 aliphatic carbocycles. The summed E-state index contributed by atoms with van der Waals surface area (Å²) in [5.41, 5.74) is 16.8. The molecule has 0 aliphatic rings. The minimum Gasteiger partial charge on any atom is -0.400 e. The lowest BCUT2D eigenvalue weighted by atomic mass is 10.0. The maximum absolute atomic E-state index is 7.00. The number of nitrogens with two attached hydrogens (primary N) is 2. The van der Waals surface area contributed by atoms with Crippen LogP contribution in [0.5, 0.6) is 0 Å². The molecule has 0 spiro atoms. The molecule has 0 saturated heterocycles. The number of aliphatic hydroxyl groups excluding tert-OH is 1. The Bertz CT molecular complexity index is 1150. The summed E-state index contributed by atoms with van der Waals surface area (Å²) >= 11 is 1.67. The minimum atomic E-state index is 0.772. The van der Waals surface area contributed by atoms with Gasteiger partial charge in [0, 0.05) is 54.2 Å². The first-order chi connectivity index (χ1) is 16.7. The SMILES string of the molecule is CO.Nc1ccc(CCCNCCNSc2cc(-c3ccc(N)cc3)cc3cnccc23)cc1. The lowest BCUT2D eigenvalue weighted by Gasteiger charge is -2.11. The van der Waals surface area contributed by atoms with Crippen molar-refractivity contribution in [2.45, 2.75) is 17.7 Å². The summed E-state index contributed by atoms with van der Waals surface area (Å²) in [5.74, 6) is 0. The molecule has 6 nitrogen and oxygen atoms in total. The Morgan fingerprint density at radius 3 is 2.26 bits per heavy atom. The molecule has 7 N–H and O–H groups in total. The van der Waals surface area contributed by atoms with E-state index in [2.05, 4.69) is 57.5 Å². The number of nitrogens with zero attached hydrogens (tertiary/aromatic N) is 1. The predicted molar refractivity (Wildman–Crippen MR) is 146 cm³/mol. The monoisotopic (exact) mass is 475 g/mol. The van der Waals surface area contributed by atoms with Gasteiger partial charge in [0.15, 0.2) is 0 Å². The molecule has 1 heterocycles. The summed E-state index contributed by atoms with van der Waals surface area (Å²) in [7, 11) is 1.00. The second kappa shape index (κ2) is 13.6. The first kappa shape index (κ1) is 25.5. The Balaban J connectivity index is 0.00000158. The first-order valence-corrected chi connectivity index (χ1v) is 12.1. The van der Waals surface area contributed by atoms with Gasteiger partial charge in [-0.15, -0.1) is 0 Å². The van der Waals surface area contributed by atoms with Crippen molar-refractivity contribution in [1.29, 1.82) is 0 Å². The van der Waals surface area contributed by atoms with Gasteiger partial charge in [-0.3, -0.25) is 9.71 Å². The Kier molecular flexibility index (Phi) is 10.2. The summed E-state index contributed by atoms with van der Waals surface area (Å²) < 4.78 is 3.50. The zero-order valence-electron chi connectivity index (χ0n) is 19.5. The minimum absolute atomic E-state index is 0.772. The van der Waals surface area contributed by atoms with Crippen LogP contribution in [0.15, 0.2) is 84.0 Å². The number of hydrogen-bond donors (Lipinski definition) is 5. The molecular formula is C27H33N5OS. The predicted octanol–water partition coefficient (Wildman–Crippen LogP) is 4.49. The molecule has 0 aliphatic heterocycles. The van der Waals surface area contributed by atoms with Crippen LogP contribution in [0.1, 0.15) is 12.0 Å². The van der Waals surface area contributed by atoms with Crippen molar-refractivity contribution in [3.8, 4) is 11.1 Å². The fraction of sp³-hybridized carbons (Fsp3) is 0.222. The van der Waals surface area contributed by atoms with Crippen LogP contribution in [0.4, 0.5) is 11.4 Å². The summed E-state index contributed by atoms with van der Waals surface area (Å²) in [6.45, 7) is 2.80. The average Bonchev–Trinajstić information content (AvgIpc) is 2.88. The second-order valence-corrected chi connectivity index (χ2v) is 8.72. The molecule has 3 aromatic carbocycles. The van der Waals surface area contributed by atoms with Crippen molar-refractivity contribution in [1.82, 2.24) is 15.0 Å². The van der Waals surface area contributed by atoms with Crippen LogP contribution in [0.2, 0.25) is 0 Å². The third kappa shape index (κ3) is 7.46. The molecule has 0 atom stereocenters. The maximum Gasteiger partial charge on any atom is 0.0346 e. The number of rotatable bonds is 10. The zero-order valence-corrected chi connectivity index (χ0v) is 20.3. The molecule has 178 valence electrons. The largest absolute Gasteiger partial charge is 0.400 e. The maximum atomic E-state index is 7.00. The number of benzene rings is 3. The number of anilines is 2. The summed E-state index contributed by atoms with van der Waals surface area (Å²) in [6, 6.07) is 22.6. The Morgan fingerprint density at radius 1 is 0.824 bits per heavy atom. The number of nitrogen functional groups attached to an aromatic ring is 2. The zero-order chi connectivity index (χ0) is 24.2. The van der Waals surface area contributed by atoms with Crippen LogP contribution >= 0.6 is 11.9 Å². The fourth-order valence-electron chi connectivity index (χ4n) is 3.60. The van der Waals surface area contributed by atoms with E-state index in [1.165, 1.54) is 15.8 Å². The third-order valence-corrected chi connectivity index (χ3v) is 6.25. The van der Waals surface area contributed by atoms with Crippen molar-refractivity contribution in [2.24, 2.45) is 0 Å². The highest BCUT2D eigenvalue weighted by Crippen LogP contribution is 2.32. The Labute approximate surface area is 205 Å². The van der Waals surface area contributed by atoms with Crippen LogP contribution in [0.3, 0.4) is 0 Å². The van der Waals surface area contributed by atoms with E-state index in [0.29, 0.717) is 0 Å². The summed E-state index contributed by atoms with van der Waals surface area (Å²) in [4.78, 5) is 5.50. The van der Waals surface area contributed by atoms with Crippen LogP contribution in [-0.4, -0.2) is 36.8 Å². The van der Waals surface area contributed by atoms with E-state index in [4.69, 9.17) is 16.6 Å². The number of fused-ring (bicyclic) bond motifs is 1. The number of hydrogen-bond acceptors (Lipinski definition) is 7. The quantitative estimate of drug-likeness (QED) is 0.131. The molecule has 0 amide bonds. The molecule has 1 aromatic heterocycles. The van der Waals surface area contributed by atoms with Gasteiger partial charge >= 0.3 is 0 Å². The number of aliphatic hydroxyl groups is 1. The first-order valence-electron chi connectivity index (χ1n) is 11.3. The second-order valence-electron chi connectivity index (χ2n) is 7.78. The summed E-state index contributed by atoms with van der Waals surface area (Å²) in [5, 5.41) is 12.8. The molecule has 4 rings (SSSR count). The molecule has 0 radical (unpaired) electrons. The Hall–Kier alpha value is -3.10. The van der Waals surface area contributed by atoms with Crippen molar-refractivity contribution >= 4 is 34.1 Å². The topological polar surface area (TPSA) is 109 Å². The molecule has 34 heavy (non-hydrogen) atoms. The smallest absolute Gasteiger partial charge is 0.0346 e. The molecule has 7 heteroatoms. The van der Waals surface area contributed by atoms with Crippen molar-refractivity contribution < 1.29 is 5.11 Å². The highest BCUT2D eigenvalue weighted by atomic mass is 32.2. The molecule has 4 aromatic rings. The highest BCUT2D eigenvalue weighted by Gasteiger charge is 2.07. The van der Waals surface area contributed by atoms with Crippen LogP contribution in [-0.2, 0) is 6.42 Å². The lowest BCUT2D eigenvalue weighted by molar-refractivity contribution is 0.399. The average molecular weight is 476 g/mol. The van der Waals surface area contributed by atoms with Crippen LogP contribution in [0.25, 0.3) is 21.9 Å². The van der Waals surface area contributed by atoms with E-state index in [1.807, 2.05) is 36.7 Å². The Morgan fingerprint density at radius 2 is 1.53 bits per heavy atom. The van der Waals surface area contributed by atoms with Gasteiger partial charge in [0.05, 0.1) is 0 Å². The number of nitrogens with one attached hydrogen (secondary N) is 2.